The van der Waals surface area contributed by atoms with Crippen LogP contribution in [0.4, 0.5) is 5.69 Å². The van der Waals surface area contributed by atoms with Crippen molar-refractivity contribution in [3.63, 3.8) is 0 Å². The van der Waals surface area contributed by atoms with Crippen molar-refractivity contribution < 1.29 is 4.79 Å². The number of benzene rings is 2. The van der Waals surface area contributed by atoms with Gasteiger partial charge in [-0.2, -0.15) is 0 Å². The maximum absolute atomic E-state index is 12.0. The molecule has 0 radical (unpaired) electrons. The third-order valence-corrected chi connectivity index (χ3v) is 3.92. The predicted molar refractivity (Wildman–Crippen MR) is 83.1 cm³/mol. The summed E-state index contributed by atoms with van der Waals surface area (Å²) in [5.41, 5.74) is 2.82. The molecule has 0 saturated carbocycles. The van der Waals surface area contributed by atoms with E-state index in [1.54, 1.807) is 11.3 Å². The summed E-state index contributed by atoms with van der Waals surface area (Å²) in [6.45, 7) is 1.98. The molecule has 100 valence electrons. The maximum atomic E-state index is 12.0. The molecule has 3 nitrogen and oxygen atoms in total. The van der Waals surface area contributed by atoms with E-state index in [-0.39, 0.29) is 5.91 Å². The Balaban J connectivity index is 1.74. The van der Waals surface area contributed by atoms with E-state index in [4.69, 9.17) is 0 Å². The normalized spacial score (nSPS) is 10.7. The molecule has 0 unspecified atom stereocenters. The minimum Gasteiger partial charge on any atom is -0.326 e. The van der Waals surface area contributed by atoms with Crippen molar-refractivity contribution in [1.82, 2.24) is 4.98 Å². The Labute approximate surface area is 121 Å². The Morgan fingerprint density at radius 3 is 2.80 bits per heavy atom. The molecule has 3 aromatic rings. The first-order chi connectivity index (χ1) is 9.70. The second-order valence-electron chi connectivity index (χ2n) is 4.63. The van der Waals surface area contributed by atoms with Crippen LogP contribution in [0.5, 0.6) is 0 Å². The number of hydrogen-bond acceptors (Lipinski definition) is 3. The van der Waals surface area contributed by atoms with Gasteiger partial charge in [0.05, 0.1) is 21.6 Å². The van der Waals surface area contributed by atoms with Crippen LogP contribution in [0, 0.1) is 6.92 Å². The number of amides is 1. The van der Waals surface area contributed by atoms with Gasteiger partial charge in [-0.1, -0.05) is 30.3 Å². The molecule has 1 aromatic heterocycles. The van der Waals surface area contributed by atoms with E-state index in [2.05, 4.69) is 10.3 Å². The lowest BCUT2D eigenvalue weighted by Gasteiger charge is -2.05. The molecule has 0 bridgehead atoms. The number of carbonyl (C=O) groups excluding carboxylic acids is 1. The lowest BCUT2D eigenvalue weighted by Crippen LogP contribution is -2.14. The number of carbonyl (C=O) groups is 1. The summed E-state index contributed by atoms with van der Waals surface area (Å²) >= 11 is 1.63. The molecule has 3 rings (SSSR count). The topological polar surface area (TPSA) is 42.0 Å². The third kappa shape index (κ3) is 2.86. The minimum absolute atomic E-state index is 0.00297. The number of aryl methyl sites for hydroxylation is 1. The van der Waals surface area contributed by atoms with E-state index in [9.17, 15) is 4.79 Å². The first kappa shape index (κ1) is 12.8. The molecule has 0 spiro atoms. The smallest absolute Gasteiger partial charge is 0.228 e. The molecule has 1 amide bonds. The summed E-state index contributed by atoms with van der Waals surface area (Å²) in [4.78, 5) is 16.4. The van der Waals surface area contributed by atoms with Gasteiger partial charge in [-0.3, -0.25) is 4.79 Å². The lowest BCUT2D eigenvalue weighted by atomic mass is 10.1. The van der Waals surface area contributed by atoms with E-state index in [1.165, 1.54) is 0 Å². The molecule has 0 aliphatic carbocycles. The number of fused-ring (bicyclic) bond motifs is 1. The Bertz CT molecular complexity index is 750. The minimum atomic E-state index is -0.00297. The fourth-order valence-electron chi connectivity index (χ4n) is 2.10. The number of nitrogens with zero attached hydrogens (tertiary/aromatic N) is 1. The number of thiazole rings is 1. The van der Waals surface area contributed by atoms with Gasteiger partial charge in [-0.05, 0) is 30.7 Å². The first-order valence-corrected chi connectivity index (χ1v) is 7.23. The van der Waals surface area contributed by atoms with Crippen LogP contribution in [0.2, 0.25) is 0 Å². The van der Waals surface area contributed by atoms with Crippen LogP contribution in [-0.4, -0.2) is 10.9 Å². The highest BCUT2D eigenvalue weighted by molar-refractivity contribution is 7.18. The van der Waals surface area contributed by atoms with Crippen LogP contribution in [0.15, 0.2) is 48.5 Å². The monoisotopic (exact) mass is 282 g/mol. The van der Waals surface area contributed by atoms with Crippen molar-refractivity contribution in [2.75, 3.05) is 5.32 Å². The molecule has 2 aromatic carbocycles. The highest BCUT2D eigenvalue weighted by atomic mass is 32.1. The maximum Gasteiger partial charge on any atom is 0.228 e. The van der Waals surface area contributed by atoms with Crippen LogP contribution in [-0.2, 0) is 11.2 Å². The average Bonchev–Trinajstić information content (AvgIpc) is 2.79. The SMILES string of the molecule is Cc1nc2ccc(NC(=O)Cc3ccccc3)cc2s1. The zero-order valence-electron chi connectivity index (χ0n) is 11.1. The first-order valence-electron chi connectivity index (χ1n) is 6.42. The largest absolute Gasteiger partial charge is 0.326 e. The third-order valence-electron chi connectivity index (χ3n) is 2.99. The molecule has 4 heteroatoms. The number of nitrogens with one attached hydrogen (secondary N) is 1. The molecule has 0 aliphatic rings. The van der Waals surface area contributed by atoms with Crippen molar-refractivity contribution in [2.24, 2.45) is 0 Å². The van der Waals surface area contributed by atoms with E-state index >= 15 is 0 Å². The number of aromatic nitrogens is 1. The zero-order valence-corrected chi connectivity index (χ0v) is 11.9. The second kappa shape index (κ2) is 5.43. The highest BCUT2D eigenvalue weighted by Crippen LogP contribution is 2.24. The Hall–Kier alpha value is -2.20. The van der Waals surface area contributed by atoms with E-state index in [1.807, 2.05) is 55.5 Å². The number of rotatable bonds is 3. The molecule has 1 heterocycles. The van der Waals surface area contributed by atoms with Gasteiger partial charge in [0.25, 0.3) is 0 Å². The van der Waals surface area contributed by atoms with Crippen molar-refractivity contribution >= 4 is 33.1 Å². The molecular weight excluding hydrogens is 268 g/mol. The van der Waals surface area contributed by atoms with Gasteiger partial charge < -0.3 is 5.32 Å². The molecular formula is C16H14N2OS. The van der Waals surface area contributed by atoms with Gasteiger partial charge in [0.15, 0.2) is 0 Å². The summed E-state index contributed by atoms with van der Waals surface area (Å²) in [5.74, 6) is -0.00297. The second-order valence-corrected chi connectivity index (χ2v) is 5.86. The quantitative estimate of drug-likeness (QED) is 0.794. The fraction of sp³-hybridized carbons (Fsp3) is 0.125. The standard InChI is InChI=1S/C16H14N2OS/c1-11-17-14-8-7-13(10-15(14)20-11)18-16(19)9-12-5-3-2-4-6-12/h2-8,10H,9H2,1H3,(H,18,19). The summed E-state index contributed by atoms with van der Waals surface area (Å²) < 4.78 is 1.10. The number of hydrogen-bond donors (Lipinski definition) is 1. The average molecular weight is 282 g/mol. The molecule has 20 heavy (non-hydrogen) atoms. The van der Waals surface area contributed by atoms with E-state index < -0.39 is 0 Å². The Morgan fingerprint density at radius 1 is 1.20 bits per heavy atom. The van der Waals surface area contributed by atoms with Gasteiger partial charge in [0, 0.05) is 5.69 Å². The van der Waals surface area contributed by atoms with Crippen LogP contribution < -0.4 is 5.32 Å². The van der Waals surface area contributed by atoms with Crippen LogP contribution in [0.25, 0.3) is 10.2 Å². The van der Waals surface area contributed by atoms with Crippen LogP contribution in [0.1, 0.15) is 10.6 Å². The molecule has 0 atom stereocenters. The highest BCUT2D eigenvalue weighted by Gasteiger charge is 2.06. The zero-order chi connectivity index (χ0) is 13.9. The molecule has 0 aliphatic heterocycles. The fourth-order valence-corrected chi connectivity index (χ4v) is 2.97. The van der Waals surface area contributed by atoms with E-state index in [0.717, 1.165) is 26.5 Å². The van der Waals surface area contributed by atoms with Gasteiger partial charge in [0.2, 0.25) is 5.91 Å². The number of anilines is 1. The van der Waals surface area contributed by atoms with Crippen molar-refractivity contribution in [1.29, 1.82) is 0 Å². The van der Waals surface area contributed by atoms with Crippen LogP contribution >= 0.6 is 11.3 Å². The van der Waals surface area contributed by atoms with Gasteiger partial charge >= 0.3 is 0 Å². The van der Waals surface area contributed by atoms with Gasteiger partial charge in [-0.25, -0.2) is 4.98 Å². The summed E-state index contributed by atoms with van der Waals surface area (Å²) in [5, 5.41) is 3.97. The Kier molecular flexibility index (Phi) is 3.48. The molecule has 1 N–H and O–H groups in total. The predicted octanol–water partition coefficient (Wildman–Crippen LogP) is 3.79. The van der Waals surface area contributed by atoms with Crippen molar-refractivity contribution in [3.8, 4) is 0 Å². The van der Waals surface area contributed by atoms with Gasteiger partial charge in [0.1, 0.15) is 0 Å². The lowest BCUT2D eigenvalue weighted by molar-refractivity contribution is -0.115. The van der Waals surface area contributed by atoms with Crippen LogP contribution in [0.3, 0.4) is 0 Å². The summed E-state index contributed by atoms with van der Waals surface area (Å²) in [6.07, 6.45) is 0.389. The van der Waals surface area contributed by atoms with Crippen molar-refractivity contribution in [2.45, 2.75) is 13.3 Å². The molecule has 0 saturated heterocycles. The molecule has 0 fully saturated rings. The van der Waals surface area contributed by atoms with Crippen molar-refractivity contribution in [3.05, 3.63) is 59.1 Å². The van der Waals surface area contributed by atoms with Gasteiger partial charge in [-0.15, -0.1) is 11.3 Å². The summed E-state index contributed by atoms with van der Waals surface area (Å²) in [6, 6.07) is 15.5. The van der Waals surface area contributed by atoms with E-state index in [0.29, 0.717) is 6.42 Å². The summed E-state index contributed by atoms with van der Waals surface area (Å²) in [7, 11) is 0. The Morgan fingerprint density at radius 2 is 2.00 bits per heavy atom.